The molecule has 3 aliphatic heterocycles. The minimum absolute atomic E-state index is 0.122. The highest BCUT2D eigenvalue weighted by Crippen LogP contribution is 2.52. The van der Waals surface area contributed by atoms with Crippen LogP contribution in [0, 0.1) is 32.6 Å². The summed E-state index contributed by atoms with van der Waals surface area (Å²) < 4.78 is 5.85. The molecular formula is C18H19NO3. The molecule has 2 amide bonds. The second-order valence-corrected chi connectivity index (χ2v) is 6.89. The first kappa shape index (κ1) is 13.7. The lowest BCUT2D eigenvalue weighted by atomic mass is 9.78. The number of aryl methyl sites for hydroxylation is 3. The summed E-state index contributed by atoms with van der Waals surface area (Å²) in [7, 11) is 0. The first-order valence-electron chi connectivity index (χ1n) is 7.66. The van der Waals surface area contributed by atoms with Crippen molar-refractivity contribution in [2.45, 2.75) is 39.4 Å². The summed E-state index contributed by atoms with van der Waals surface area (Å²) >= 11 is 0. The van der Waals surface area contributed by atoms with E-state index in [2.05, 4.69) is 0 Å². The standard InChI is InChI=1S/C18H19NO3/c1-9-7-10(2)15(11(3)8-9)19-16(20)13-12-5-6-18(4,22-12)14(13)17(19)21/h5-8,12-14H,1-4H3/t12-,13+,14+,18+/m1/s1. The number of anilines is 1. The Morgan fingerprint density at radius 1 is 1.09 bits per heavy atom. The Kier molecular flexibility index (Phi) is 2.54. The number of imide groups is 1. The molecule has 0 saturated carbocycles. The maximum Gasteiger partial charge on any atom is 0.241 e. The minimum atomic E-state index is -0.636. The molecule has 1 aromatic rings. The fourth-order valence-electron chi connectivity index (χ4n) is 4.40. The molecule has 0 radical (unpaired) electrons. The largest absolute Gasteiger partial charge is 0.362 e. The van der Waals surface area contributed by atoms with E-state index in [4.69, 9.17) is 4.74 Å². The number of hydrogen-bond donors (Lipinski definition) is 0. The predicted molar refractivity (Wildman–Crippen MR) is 82.5 cm³/mol. The van der Waals surface area contributed by atoms with E-state index in [0.717, 1.165) is 22.4 Å². The molecule has 0 N–H and O–H groups in total. The van der Waals surface area contributed by atoms with Crippen LogP contribution >= 0.6 is 0 Å². The molecule has 0 unspecified atom stereocenters. The maximum atomic E-state index is 13.0. The lowest BCUT2D eigenvalue weighted by Gasteiger charge is -2.25. The summed E-state index contributed by atoms with van der Waals surface area (Å²) in [4.78, 5) is 27.3. The monoisotopic (exact) mass is 297 g/mol. The average molecular weight is 297 g/mol. The summed E-state index contributed by atoms with van der Waals surface area (Å²) in [6.45, 7) is 7.83. The topological polar surface area (TPSA) is 46.6 Å². The fourth-order valence-corrected chi connectivity index (χ4v) is 4.40. The Labute approximate surface area is 129 Å². The zero-order valence-corrected chi connectivity index (χ0v) is 13.2. The van der Waals surface area contributed by atoms with Crippen LogP contribution < -0.4 is 4.90 Å². The molecule has 0 aliphatic carbocycles. The number of rotatable bonds is 1. The molecular weight excluding hydrogens is 278 g/mol. The Morgan fingerprint density at radius 3 is 2.32 bits per heavy atom. The van der Waals surface area contributed by atoms with Crippen molar-refractivity contribution in [3.8, 4) is 0 Å². The molecule has 4 nitrogen and oxygen atoms in total. The number of carbonyl (C=O) groups excluding carboxylic acids is 2. The summed E-state index contributed by atoms with van der Waals surface area (Å²) in [6, 6.07) is 4.03. The molecule has 2 bridgehead atoms. The van der Waals surface area contributed by atoms with Gasteiger partial charge in [0.15, 0.2) is 0 Å². The third kappa shape index (κ3) is 1.51. The summed E-state index contributed by atoms with van der Waals surface area (Å²) in [5, 5.41) is 0. The van der Waals surface area contributed by atoms with Crippen LogP contribution in [0.4, 0.5) is 5.69 Å². The lowest BCUT2D eigenvalue weighted by molar-refractivity contribution is -0.126. The Bertz CT molecular complexity index is 728. The van der Waals surface area contributed by atoms with E-state index < -0.39 is 11.5 Å². The Hall–Kier alpha value is -1.94. The Balaban J connectivity index is 1.84. The lowest BCUT2D eigenvalue weighted by Crippen LogP contribution is -2.39. The number of fused-ring (bicyclic) bond motifs is 5. The van der Waals surface area contributed by atoms with Gasteiger partial charge in [-0.3, -0.25) is 9.59 Å². The van der Waals surface area contributed by atoms with Crippen LogP contribution in [0.1, 0.15) is 23.6 Å². The highest BCUT2D eigenvalue weighted by Gasteiger charge is 2.66. The van der Waals surface area contributed by atoms with Crippen molar-refractivity contribution < 1.29 is 14.3 Å². The van der Waals surface area contributed by atoms with Gasteiger partial charge in [0.2, 0.25) is 11.8 Å². The normalized spacial score (nSPS) is 35.6. The van der Waals surface area contributed by atoms with Gasteiger partial charge in [-0.2, -0.15) is 0 Å². The molecule has 114 valence electrons. The fraction of sp³-hybridized carbons (Fsp3) is 0.444. The van der Waals surface area contributed by atoms with Crippen molar-refractivity contribution in [3.63, 3.8) is 0 Å². The molecule has 4 rings (SSSR count). The van der Waals surface area contributed by atoms with Crippen molar-refractivity contribution in [2.75, 3.05) is 4.90 Å². The number of carbonyl (C=O) groups is 2. The van der Waals surface area contributed by atoms with Crippen LogP contribution in [0.5, 0.6) is 0 Å². The van der Waals surface area contributed by atoms with Crippen LogP contribution in [0.2, 0.25) is 0 Å². The van der Waals surface area contributed by atoms with Gasteiger partial charge in [-0.15, -0.1) is 0 Å². The van der Waals surface area contributed by atoms with Crippen LogP contribution in [-0.4, -0.2) is 23.5 Å². The number of benzene rings is 1. The van der Waals surface area contributed by atoms with E-state index in [1.54, 1.807) is 0 Å². The molecule has 3 aliphatic rings. The van der Waals surface area contributed by atoms with E-state index in [0.29, 0.717) is 0 Å². The van der Waals surface area contributed by atoms with E-state index in [1.807, 2.05) is 52.0 Å². The number of nitrogens with zero attached hydrogens (tertiary/aromatic N) is 1. The average Bonchev–Trinajstić information content (AvgIpc) is 3.01. The van der Waals surface area contributed by atoms with Gasteiger partial charge in [0.25, 0.3) is 0 Å². The quantitative estimate of drug-likeness (QED) is 0.591. The van der Waals surface area contributed by atoms with Crippen LogP contribution in [0.15, 0.2) is 24.3 Å². The molecule has 4 heteroatoms. The number of ether oxygens (including phenoxy) is 1. The molecule has 0 spiro atoms. The van der Waals surface area contributed by atoms with Gasteiger partial charge in [-0.25, -0.2) is 4.90 Å². The highest BCUT2D eigenvalue weighted by molar-refractivity contribution is 6.24. The molecule has 22 heavy (non-hydrogen) atoms. The van der Waals surface area contributed by atoms with E-state index in [9.17, 15) is 9.59 Å². The molecule has 4 atom stereocenters. The van der Waals surface area contributed by atoms with Crippen molar-refractivity contribution in [1.29, 1.82) is 0 Å². The van der Waals surface area contributed by atoms with Gasteiger partial charge in [-0.05, 0) is 38.8 Å². The van der Waals surface area contributed by atoms with Gasteiger partial charge in [0.1, 0.15) is 0 Å². The molecule has 3 heterocycles. The minimum Gasteiger partial charge on any atom is -0.362 e. The number of hydrogen-bond acceptors (Lipinski definition) is 3. The molecule has 0 aromatic heterocycles. The van der Waals surface area contributed by atoms with Crippen LogP contribution in [0.3, 0.4) is 0 Å². The summed E-state index contributed by atoms with van der Waals surface area (Å²) in [5.41, 5.74) is 3.17. The summed E-state index contributed by atoms with van der Waals surface area (Å²) in [6.07, 6.45) is 3.59. The molecule has 2 saturated heterocycles. The number of amides is 2. The van der Waals surface area contributed by atoms with Crippen LogP contribution in [-0.2, 0) is 14.3 Å². The van der Waals surface area contributed by atoms with Crippen molar-refractivity contribution >= 4 is 17.5 Å². The van der Waals surface area contributed by atoms with E-state index in [1.165, 1.54) is 4.90 Å². The van der Waals surface area contributed by atoms with Gasteiger partial charge in [-0.1, -0.05) is 29.8 Å². The zero-order chi connectivity index (χ0) is 15.8. The SMILES string of the molecule is Cc1cc(C)c(N2C(=O)[C@@H]3[C@@H](C2=O)[C@]2(C)C=C[C@H]3O2)c(C)c1. The van der Waals surface area contributed by atoms with Crippen molar-refractivity contribution in [1.82, 2.24) is 0 Å². The van der Waals surface area contributed by atoms with Crippen LogP contribution in [0.25, 0.3) is 0 Å². The van der Waals surface area contributed by atoms with Gasteiger partial charge < -0.3 is 4.74 Å². The van der Waals surface area contributed by atoms with Crippen molar-refractivity contribution in [2.24, 2.45) is 11.8 Å². The van der Waals surface area contributed by atoms with E-state index >= 15 is 0 Å². The second kappa shape index (κ2) is 4.07. The molecule has 2 fully saturated rings. The summed E-state index contributed by atoms with van der Waals surface area (Å²) in [5.74, 6) is -1.01. The predicted octanol–water partition coefficient (Wildman–Crippen LogP) is 2.44. The first-order chi connectivity index (χ1) is 10.3. The highest BCUT2D eigenvalue weighted by atomic mass is 16.5. The third-order valence-electron chi connectivity index (χ3n) is 5.19. The first-order valence-corrected chi connectivity index (χ1v) is 7.66. The zero-order valence-electron chi connectivity index (χ0n) is 13.2. The van der Waals surface area contributed by atoms with Gasteiger partial charge in [0, 0.05) is 0 Å². The van der Waals surface area contributed by atoms with Gasteiger partial charge >= 0.3 is 0 Å². The smallest absolute Gasteiger partial charge is 0.241 e. The Morgan fingerprint density at radius 2 is 1.73 bits per heavy atom. The van der Waals surface area contributed by atoms with Crippen molar-refractivity contribution in [3.05, 3.63) is 41.0 Å². The second-order valence-electron chi connectivity index (χ2n) is 6.89. The van der Waals surface area contributed by atoms with Gasteiger partial charge in [0.05, 0.1) is 29.2 Å². The third-order valence-corrected chi connectivity index (χ3v) is 5.19. The molecule has 1 aromatic carbocycles. The van der Waals surface area contributed by atoms with E-state index in [-0.39, 0.29) is 23.8 Å². The maximum absolute atomic E-state index is 13.0.